The summed E-state index contributed by atoms with van der Waals surface area (Å²) in [6.07, 6.45) is 2.87. The number of aromatic nitrogens is 2. The maximum atomic E-state index is 12.1. The molecule has 2 aromatic rings. The number of sulfonamides is 1. The van der Waals surface area contributed by atoms with E-state index in [9.17, 15) is 8.42 Å². The second-order valence-corrected chi connectivity index (χ2v) is 6.48. The molecule has 0 atom stereocenters. The Morgan fingerprint density at radius 3 is 2.85 bits per heavy atom. The van der Waals surface area contributed by atoms with Gasteiger partial charge in [0.2, 0.25) is 10.0 Å². The van der Waals surface area contributed by atoms with Gasteiger partial charge in [0.1, 0.15) is 6.26 Å². The summed E-state index contributed by atoms with van der Waals surface area (Å²) < 4.78 is 31.2. The van der Waals surface area contributed by atoms with E-state index in [1.165, 1.54) is 12.5 Å². The normalized spacial score (nSPS) is 12.2. The Morgan fingerprint density at radius 2 is 2.20 bits per heavy atom. The molecule has 20 heavy (non-hydrogen) atoms. The number of H-pyrrole nitrogens is 1. The van der Waals surface area contributed by atoms with E-state index < -0.39 is 10.0 Å². The molecular weight excluding hydrogens is 280 g/mol. The third kappa shape index (κ3) is 3.92. The van der Waals surface area contributed by atoms with Crippen LogP contribution in [0.1, 0.15) is 25.2 Å². The van der Waals surface area contributed by atoms with Crippen LogP contribution in [0, 0.1) is 0 Å². The Kier molecular flexibility index (Phi) is 4.58. The van der Waals surface area contributed by atoms with Crippen molar-refractivity contribution in [2.24, 2.45) is 0 Å². The minimum absolute atomic E-state index is 0.101. The first-order valence-corrected chi connectivity index (χ1v) is 7.75. The van der Waals surface area contributed by atoms with Gasteiger partial charge in [0.25, 0.3) is 0 Å². The minimum atomic E-state index is -3.54. The van der Waals surface area contributed by atoms with E-state index in [2.05, 4.69) is 24.7 Å². The van der Waals surface area contributed by atoms with Crippen LogP contribution in [0.15, 0.2) is 34.0 Å². The van der Waals surface area contributed by atoms with Gasteiger partial charge in [-0.15, -0.1) is 0 Å². The van der Waals surface area contributed by atoms with Gasteiger partial charge in [-0.3, -0.25) is 0 Å². The zero-order chi connectivity index (χ0) is 14.6. The second kappa shape index (κ2) is 6.21. The lowest BCUT2D eigenvalue weighted by Crippen LogP contribution is -2.23. The lowest BCUT2D eigenvalue weighted by Gasteiger charge is -2.05. The smallest absolute Gasteiger partial charge is 0.242 e. The van der Waals surface area contributed by atoms with Crippen molar-refractivity contribution in [3.63, 3.8) is 0 Å². The monoisotopic (exact) mass is 298 g/mol. The van der Waals surface area contributed by atoms with E-state index in [4.69, 9.17) is 0 Å². The van der Waals surface area contributed by atoms with Crippen LogP contribution in [0.4, 0.5) is 0 Å². The first-order valence-electron chi connectivity index (χ1n) is 6.27. The van der Waals surface area contributed by atoms with Crippen molar-refractivity contribution in [3.8, 4) is 0 Å². The van der Waals surface area contributed by atoms with E-state index in [1.807, 2.05) is 13.8 Å². The van der Waals surface area contributed by atoms with Gasteiger partial charge >= 0.3 is 0 Å². The molecule has 0 bridgehead atoms. The standard InChI is InChI=1S/C12H18N4O3S/c1-9(2)13-6-11-5-12(8-14-11)20(17,18)15-7-10-3-4-19-16-10/h3-5,8-9,13-15H,6-7H2,1-2H3. The Hall–Kier alpha value is -1.64. The van der Waals surface area contributed by atoms with Crippen molar-refractivity contribution in [2.75, 3.05) is 0 Å². The number of hydrogen-bond acceptors (Lipinski definition) is 5. The van der Waals surface area contributed by atoms with Crippen LogP contribution in [0.2, 0.25) is 0 Å². The largest absolute Gasteiger partial charge is 0.364 e. The lowest BCUT2D eigenvalue weighted by atomic mass is 10.3. The Morgan fingerprint density at radius 1 is 1.40 bits per heavy atom. The zero-order valence-corrected chi connectivity index (χ0v) is 12.2. The van der Waals surface area contributed by atoms with Crippen molar-refractivity contribution >= 4 is 10.0 Å². The molecule has 0 amide bonds. The van der Waals surface area contributed by atoms with Crippen LogP contribution in [0.25, 0.3) is 0 Å². The highest BCUT2D eigenvalue weighted by atomic mass is 32.2. The highest BCUT2D eigenvalue weighted by molar-refractivity contribution is 7.89. The zero-order valence-electron chi connectivity index (χ0n) is 11.4. The summed E-state index contributed by atoms with van der Waals surface area (Å²) in [5.74, 6) is 0. The second-order valence-electron chi connectivity index (χ2n) is 4.71. The molecule has 0 radical (unpaired) electrons. The summed E-state index contributed by atoms with van der Waals surface area (Å²) in [6.45, 7) is 4.75. The minimum Gasteiger partial charge on any atom is -0.364 e. The van der Waals surface area contributed by atoms with Crippen molar-refractivity contribution in [3.05, 3.63) is 36.0 Å². The summed E-state index contributed by atoms with van der Waals surface area (Å²) >= 11 is 0. The summed E-state index contributed by atoms with van der Waals surface area (Å²) in [6, 6.07) is 3.56. The molecule has 0 saturated heterocycles. The molecule has 0 aliphatic rings. The summed E-state index contributed by atoms with van der Waals surface area (Å²) in [5, 5.41) is 6.86. The third-order valence-electron chi connectivity index (χ3n) is 2.66. The van der Waals surface area contributed by atoms with Crippen molar-refractivity contribution in [1.29, 1.82) is 0 Å². The van der Waals surface area contributed by atoms with Crippen LogP contribution < -0.4 is 10.0 Å². The Balaban J connectivity index is 1.98. The van der Waals surface area contributed by atoms with Crippen LogP contribution in [0.5, 0.6) is 0 Å². The SMILES string of the molecule is CC(C)NCc1cc(S(=O)(=O)NCc2ccon2)c[nH]1. The predicted octanol–water partition coefficient (Wildman–Crippen LogP) is 0.979. The number of hydrogen-bond donors (Lipinski definition) is 3. The number of rotatable bonds is 7. The van der Waals surface area contributed by atoms with Crippen molar-refractivity contribution < 1.29 is 12.9 Å². The maximum absolute atomic E-state index is 12.1. The lowest BCUT2D eigenvalue weighted by molar-refractivity contribution is 0.411. The van der Waals surface area contributed by atoms with E-state index in [-0.39, 0.29) is 11.4 Å². The van der Waals surface area contributed by atoms with Gasteiger partial charge in [0, 0.05) is 30.5 Å². The van der Waals surface area contributed by atoms with Gasteiger partial charge in [0.15, 0.2) is 0 Å². The maximum Gasteiger partial charge on any atom is 0.242 e. The van der Waals surface area contributed by atoms with E-state index in [0.29, 0.717) is 18.3 Å². The number of aromatic amines is 1. The van der Waals surface area contributed by atoms with Gasteiger partial charge in [-0.25, -0.2) is 13.1 Å². The molecule has 2 aromatic heterocycles. The molecule has 0 unspecified atom stereocenters. The van der Waals surface area contributed by atoms with Gasteiger partial charge in [-0.1, -0.05) is 19.0 Å². The fraction of sp³-hybridized carbons (Fsp3) is 0.417. The molecule has 0 fully saturated rings. The fourth-order valence-electron chi connectivity index (χ4n) is 1.57. The molecule has 110 valence electrons. The van der Waals surface area contributed by atoms with Crippen LogP contribution >= 0.6 is 0 Å². The first kappa shape index (κ1) is 14.8. The summed E-state index contributed by atoms with van der Waals surface area (Å²) in [4.78, 5) is 3.15. The van der Waals surface area contributed by atoms with Gasteiger partial charge < -0.3 is 14.8 Å². The summed E-state index contributed by atoms with van der Waals surface area (Å²) in [5.41, 5.74) is 1.35. The molecule has 8 heteroatoms. The topological polar surface area (TPSA) is 100 Å². The Bertz CT molecular complexity index is 631. The number of nitrogens with one attached hydrogen (secondary N) is 3. The molecule has 0 saturated carbocycles. The van der Waals surface area contributed by atoms with Gasteiger partial charge in [-0.2, -0.15) is 0 Å². The van der Waals surface area contributed by atoms with Gasteiger partial charge in [-0.05, 0) is 6.07 Å². The van der Waals surface area contributed by atoms with Gasteiger partial charge in [0.05, 0.1) is 17.1 Å². The third-order valence-corrected chi connectivity index (χ3v) is 4.04. The first-order chi connectivity index (χ1) is 9.47. The highest BCUT2D eigenvalue weighted by Gasteiger charge is 2.16. The van der Waals surface area contributed by atoms with E-state index >= 15 is 0 Å². The molecule has 2 rings (SSSR count). The highest BCUT2D eigenvalue weighted by Crippen LogP contribution is 2.11. The van der Waals surface area contributed by atoms with Crippen LogP contribution in [0.3, 0.4) is 0 Å². The molecule has 7 nitrogen and oxygen atoms in total. The van der Waals surface area contributed by atoms with E-state index in [1.54, 1.807) is 12.1 Å². The quantitative estimate of drug-likeness (QED) is 0.707. The average molecular weight is 298 g/mol. The van der Waals surface area contributed by atoms with E-state index in [0.717, 1.165) is 5.69 Å². The number of nitrogens with zero attached hydrogens (tertiary/aromatic N) is 1. The van der Waals surface area contributed by atoms with Crippen molar-refractivity contribution in [1.82, 2.24) is 20.2 Å². The van der Waals surface area contributed by atoms with Crippen LogP contribution in [-0.2, 0) is 23.1 Å². The Labute approximate surface area is 117 Å². The fourth-order valence-corrected chi connectivity index (χ4v) is 2.59. The molecular formula is C12H18N4O3S. The predicted molar refractivity (Wildman–Crippen MR) is 73.3 cm³/mol. The average Bonchev–Trinajstić information content (AvgIpc) is 3.05. The molecule has 2 heterocycles. The van der Waals surface area contributed by atoms with Crippen molar-refractivity contribution in [2.45, 2.75) is 37.9 Å². The molecule has 0 aliphatic carbocycles. The molecule has 0 aromatic carbocycles. The van der Waals surface area contributed by atoms with Crippen LogP contribution in [-0.4, -0.2) is 24.6 Å². The molecule has 3 N–H and O–H groups in total. The molecule has 0 spiro atoms. The summed E-state index contributed by atoms with van der Waals surface area (Å²) in [7, 11) is -3.54. The molecule has 0 aliphatic heterocycles.